The van der Waals surface area contributed by atoms with Crippen LogP contribution in [0.25, 0.3) is 0 Å². The predicted octanol–water partition coefficient (Wildman–Crippen LogP) is 1.22. The number of nitrogens with one attached hydrogen (secondary N) is 1. The van der Waals surface area contributed by atoms with Crippen molar-refractivity contribution in [3.05, 3.63) is 12.2 Å². The normalized spacial score (nSPS) is 31.8. The molecule has 3 aliphatic rings. The zero-order chi connectivity index (χ0) is 12.5. The zero-order valence-electron chi connectivity index (χ0n) is 10.6. The molecule has 4 nitrogen and oxygen atoms in total. The first-order valence-electron chi connectivity index (χ1n) is 6.99. The van der Waals surface area contributed by atoms with Crippen LogP contribution >= 0.6 is 0 Å². The first kappa shape index (κ1) is 11.8. The van der Waals surface area contributed by atoms with Crippen molar-refractivity contribution >= 4 is 11.8 Å². The van der Waals surface area contributed by atoms with Crippen molar-refractivity contribution in [3.8, 4) is 0 Å². The van der Waals surface area contributed by atoms with E-state index in [4.69, 9.17) is 0 Å². The molecule has 0 aromatic heterocycles. The lowest BCUT2D eigenvalue weighted by Gasteiger charge is -2.21. The topological polar surface area (TPSA) is 49.4 Å². The van der Waals surface area contributed by atoms with Crippen LogP contribution in [0.1, 0.15) is 38.5 Å². The third kappa shape index (κ3) is 2.42. The second kappa shape index (κ2) is 4.75. The van der Waals surface area contributed by atoms with Gasteiger partial charge in [-0.3, -0.25) is 9.59 Å². The van der Waals surface area contributed by atoms with E-state index >= 15 is 0 Å². The highest BCUT2D eigenvalue weighted by Gasteiger charge is 2.41. The number of likely N-dealkylation sites (tertiary alicyclic amines) is 1. The molecule has 1 saturated heterocycles. The number of nitrogens with zero attached hydrogens (tertiary/aromatic N) is 1. The minimum atomic E-state index is -0.121. The Kier molecular flexibility index (Phi) is 3.10. The number of hydrogen-bond acceptors (Lipinski definition) is 2. The maximum absolute atomic E-state index is 12.1. The molecule has 2 fully saturated rings. The van der Waals surface area contributed by atoms with Crippen molar-refractivity contribution in [2.24, 2.45) is 5.92 Å². The minimum Gasteiger partial charge on any atom is -0.353 e. The molecule has 2 aliphatic carbocycles. The Hall–Kier alpha value is -1.32. The highest BCUT2D eigenvalue weighted by molar-refractivity contribution is 5.89. The molecule has 18 heavy (non-hydrogen) atoms. The van der Waals surface area contributed by atoms with E-state index < -0.39 is 0 Å². The van der Waals surface area contributed by atoms with E-state index in [0.717, 1.165) is 32.1 Å². The summed E-state index contributed by atoms with van der Waals surface area (Å²) in [4.78, 5) is 25.8. The lowest BCUT2D eigenvalue weighted by molar-refractivity contribution is -0.129. The van der Waals surface area contributed by atoms with Crippen molar-refractivity contribution in [1.82, 2.24) is 10.2 Å². The summed E-state index contributed by atoms with van der Waals surface area (Å²) in [5.41, 5.74) is 0. The fraction of sp³-hybridized carbons (Fsp3) is 0.714. The number of carbonyl (C=O) groups excluding carboxylic acids is 2. The van der Waals surface area contributed by atoms with Gasteiger partial charge in [0, 0.05) is 25.0 Å². The van der Waals surface area contributed by atoms with Gasteiger partial charge in [0.2, 0.25) is 11.8 Å². The lowest BCUT2D eigenvalue weighted by Crippen LogP contribution is -2.40. The largest absolute Gasteiger partial charge is 0.353 e. The summed E-state index contributed by atoms with van der Waals surface area (Å²) in [5, 5.41) is 3.09. The van der Waals surface area contributed by atoms with Gasteiger partial charge in [-0.15, -0.1) is 0 Å². The van der Waals surface area contributed by atoms with Crippen LogP contribution < -0.4 is 5.32 Å². The van der Waals surface area contributed by atoms with E-state index in [1.165, 1.54) is 0 Å². The third-order valence-corrected chi connectivity index (χ3v) is 4.13. The molecule has 1 N–H and O–H groups in total. The average molecular weight is 248 g/mol. The lowest BCUT2D eigenvalue weighted by atomic mass is 10.0. The van der Waals surface area contributed by atoms with E-state index in [1.807, 2.05) is 4.90 Å². The van der Waals surface area contributed by atoms with Crippen LogP contribution in [-0.4, -0.2) is 35.3 Å². The maximum Gasteiger partial charge on any atom is 0.225 e. The Morgan fingerprint density at radius 2 is 2.11 bits per heavy atom. The molecule has 2 atom stereocenters. The van der Waals surface area contributed by atoms with E-state index in [1.54, 1.807) is 0 Å². The SMILES string of the molecule is O=C(NC1CC=CCC1)C1CC(=O)N(C2CC2)C1. The molecule has 1 aliphatic heterocycles. The summed E-state index contributed by atoms with van der Waals surface area (Å²) in [7, 11) is 0. The third-order valence-electron chi connectivity index (χ3n) is 4.13. The second-order valence-electron chi connectivity index (χ2n) is 5.67. The predicted molar refractivity (Wildman–Crippen MR) is 67.8 cm³/mol. The highest BCUT2D eigenvalue weighted by Crippen LogP contribution is 2.32. The first-order valence-corrected chi connectivity index (χ1v) is 6.99. The van der Waals surface area contributed by atoms with E-state index in [-0.39, 0.29) is 23.8 Å². The number of carbonyl (C=O) groups is 2. The van der Waals surface area contributed by atoms with Crippen molar-refractivity contribution in [3.63, 3.8) is 0 Å². The van der Waals surface area contributed by atoms with Crippen molar-refractivity contribution in [2.75, 3.05) is 6.54 Å². The van der Waals surface area contributed by atoms with Gasteiger partial charge in [-0.1, -0.05) is 12.2 Å². The molecular formula is C14H20N2O2. The Balaban J connectivity index is 1.53. The van der Waals surface area contributed by atoms with Gasteiger partial charge in [0.1, 0.15) is 0 Å². The Morgan fingerprint density at radius 3 is 2.78 bits per heavy atom. The highest BCUT2D eigenvalue weighted by atomic mass is 16.2. The number of amides is 2. The Morgan fingerprint density at radius 1 is 1.28 bits per heavy atom. The molecule has 2 unspecified atom stereocenters. The zero-order valence-corrected chi connectivity index (χ0v) is 10.6. The van der Waals surface area contributed by atoms with Crippen LogP contribution in [0.5, 0.6) is 0 Å². The van der Waals surface area contributed by atoms with Crippen molar-refractivity contribution in [2.45, 2.75) is 50.6 Å². The molecule has 1 heterocycles. The summed E-state index contributed by atoms with van der Waals surface area (Å²) in [6.45, 7) is 0.637. The van der Waals surface area contributed by atoms with Gasteiger partial charge in [-0.05, 0) is 32.1 Å². The van der Waals surface area contributed by atoms with Crippen LogP contribution in [0.15, 0.2) is 12.2 Å². The van der Waals surface area contributed by atoms with E-state index in [0.29, 0.717) is 19.0 Å². The van der Waals surface area contributed by atoms with E-state index in [9.17, 15) is 9.59 Å². The molecule has 98 valence electrons. The van der Waals surface area contributed by atoms with Gasteiger partial charge < -0.3 is 10.2 Å². The number of allylic oxidation sites excluding steroid dienone is 1. The Bertz CT molecular complexity index is 387. The summed E-state index contributed by atoms with van der Waals surface area (Å²) in [5.74, 6) is 0.122. The standard InChI is InChI=1S/C14H20N2O2/c17-13-8-10(9-16(13)12-6-7-12)14(18)15-11-4-2-1-3-5-11/h1-2,10-12H,3-9H2,(H,15,18). The maximum atomic E-state index is 12.1. The molecule has 2 amide bonds. The smallest absolute Gasteiger partial charge is 0.225 e. The number of rotatable bonds is 3. The van der Waals surface area contributed by atoms with E-state index in [2.05, 4.69) is 17.5 Å². The molecule has 0 aromatic rings. The fourth-order valence-corrected chi connectivity index (χ4v) is 2.89. The fourth-order valence-electron chi connectivity index (χ4n) is 2.89. The molecule has 0 aromatic carbocycles. The summed E-state index contributed by atoms with van der Waals surface area (Å²) in [6, 6.07) is 0.709. The van der Waals surface area contributed by atoms with Gasteiger partial charge in [-0.25, -0.2) is 0 Å². The minimum absolute atomic E-state index is 0.0757. The monoisotopic (exact) mass is 248 g/mol. The molecule has 1 saturated carbocycles. The summed E-state index contributed by atoms with van der Waals surface area (Å²) < 4.78 is 0. The van der Waals surface area contributed by atoms with Gasteiger partial charge >= 0.3 is 0 Å². The van der Waals surface area contributed by atoms with Crippen molar-refractivity contribution < 1.29 is 9.59 Å². The van der Waals surface area contributed by atoms with Gasteiger partial charge in [0.25, 0.3) is 0 Å². The Labute approximate surface area is 107 Å². The van der Waals surface area contributed by atoms with Crippen LogP contribution in [0.4, 0.5) is 0 Å². The molecule has 0 radical (unpaired) electrons. The molecule has 4 heteroatoms. The average Bonchev–Trinajstić information content (AvgIpc) is 3.14. The molecule has 3 rings (SSSR count). The van der Waals surface area contributed by atoms with Gasteiger partial charge in [0.15, 0.2) is 0 Å². The second-order valence-corrected chi connectivity index (χ2v) is 5.67. The van der Waals surface area contributed by atoms with Crippen molar-refractivity contribution in [1.29, 1.82) is 0 Å². The number of hydrogen-bond donors (Lipinski definition) is 1. The first-order chi connectivity index (χ1) is 8.74. The quantitative estimate of drug-likeness (QED) is 0.763. The summed E-state index contributed by atoms with van der Waals surface area (Å²) in [6.07, 6.45) is 9.93. The molecule has 0 bridgehead atoms. The van der Waals surface area contributed by atoms with Gasteiger partial charge in [0.05, 0.1) is 5.92 Å². The summed E-state index contributed by atoms with van der Waals surface area (Å²) >= 11 is 0. The van der Waals surface area contributed by atoms with Crippen LogP contribution in [0.2, 0.25) is 0 Å². The molecular weight excluding hydrogens is 228 g/mol. The van der Waals surface area contributed by atoms with Crippen LogP contribution in [0.3, 0.4) is 0 Å². The van der Waals surface area contributed by atoms with Gasteiger partial charge in [-0.2, -0.15) is 0 Å². The molecule has 0 spiro atoms. The van der Waals surface area contributed by atoms with Crippen LogP contribution in [-0.2, 0) is 9.59 Å². The van der Waals surface area contributed by atoms with Crippen LogP contribution in [0, 0.1) is 5.92 Å².